The summed E-state index contributed by atoms with van der Waals surface area (Å²) in [4.78, 5) is 40.3. The number of benzene rings is 2. The topological polar surface area (TPSA) is 78.5 Å². The van der Waals surface area contributed by atoms with Crippen molar-refractivity contribution in [3.05, 3.63) is 71.5 Å². The number of nitrogens with one attached hydrogen (secondary N) is 2. The molecule has 7 heteroatoms. The molecule has 2 aromatic rings. The molecule has 0 aliphatic carbocycles. The number of halogens is 1. The van der Waals surface area contributed by atoms with Crippen LogP contribution in [0.1, 0.15) is 54.3 Å². The van der Waals surface area contributed by atoms with Gasteiger partial charge in [-0.3, -0.25) is 14.4 Å². The molecule has 2 aromatic carbocycles. The van der Waals surface area contributed by atoms with Crippen molar-refractivity contribution in [3.63, 3.8) is 0 Å². The van der Waals surface area contributed by atoms with E-state index < -0.39 is 11.9 Å². The molecule has 33 heavy (non-hydrogen) atoms. The molecule has 1 aliphatic heterocycles. The highest BCUT2D eigenvalue weighted by atomic mass is 19.1. The van der Waals surface area contributed by atoms with E-state index in [0.717, 1.165) is 0 Å². The van der Waals surface area contributed by atoms with Crippen molar-refractivity contribution < 1.29 is 18.8 Å². The Balaban J connectivity index is 1.71. The van der Waals surface area contributed by atoms with Crippen molar-refractivity contribution in [2.45, 2.75) is 45.7 Å². The summed E-state index contributed by atoms with van der Waals surface area (Å²) < 4.78 is 14.0. The number of piperidine rings is 1. The second kappa shape index (κ2) is 11.1. The summed E-state index contributed by atoms with van der Waals surface area (Å²) in [5, 5.41) is 5.93. The van der Waals surface area contributed by atoms with Crippen LogP contribution in [-0.4, -0.2) is 47.8 Å². The smallest absolute Gasteiger partial charge is 0.256 e. The molecule has 0 unspecified atom stereocenters. The minimum Gasteiger partial charge on any atom is -0.352 e. The summed E-state index contributed by atoms with van der Waals surface area (Å²) in [6, 6.07) is 14.0. The first-order chi connectivity index (χ1) is 15.8. The highest BCUT2D eigenvalue weighted by Crippen LogP contribution is 2.24. The lowest BCUT2D eigenvalue weighted by Crippen LogP contribution is -2.55. The zero-order valence-electron chi connectivity index (χ0n) is 19.4. The van der Waals surface area contributed by atoms with E-state index in [1.54, 1.807) is 41.3 Å². The lowest BCUT2D eigenvalue weighted by atomic mass is 9.87. The fraction of sp³-hybridized carbons (Fsp3) is 0.423. The van der Waals surface area contributed by atoms with Crippen LogP contribution < -0.4 is 10.6 Å². The highest BCUT2D eigenvalue weighted by molar-refractivity contribution is 5.97. The summed E-state index contributed by atoms with van der Waals surface area (Å²) >= 11 is 0. The van der Waals surface area contributed by atoms with Gasteiger partial charge in [-0.2, -0.15) is 0 Å². The van der Waals surface area contributed by atoms with Crippen LogP contribution in [-0.2, 0) is 4.79 Å². The molecule has 1 heterocycles. The van der Waals surface area contributed by atoms with E-state index in [-0.39, 0.29) is 41.2 Å². The molecule has 1 saturated heterocycles. The molecule has 2 atom stereocenters. The molecule has 6 nitrogen and oxygen atoms in total. The maximum Gasteiger partial charge on any atom is 0.256 e. The minimum absolute atomic E-state index is 0.0450. The van der Waals surface area contributed by atoms with Crippen molar-refractivity contribution in [3.8, 4) is 0 Å². The quantitative estimate of drug-likeness (QED) is 0.672. The van der Waals surface area contributed by atoms with Crippen LogP contribution in [0.2, 0.25) is 0 Å². The highest BCUT2D eigenvalue weighted by Gasteiger charge is 2.35. The Hall–Kier alpha value is -3.22. The largest absolute Gasteiger partial charge is 0.352 e. The van der Waals surface area contributed by atoms with Crippen LogP contribution in [0.15, 0.2) is 54.6 Å². The first kappa shape index (κ1) is 24.4. The van der Waals surface area contributed by atoms with E-state index in [0.29, 0.717) is 31.5 Å². The van der Waals surface area contributed by atoms with Crippen LogP contribution in [0.5, 0.6) is 0 Å². The van der Waals surface area contributed by atoms with Crippen LogP contribution in [0.25, 0.3) is 0 Å². The Morgan fingerprint density at radius 3 is 2.12 bits per heavy atom. The monoisotopic (exact) mass is 453 g/mol. The third kappa shape index (κ3) is 6.18. The van der Waals surface area contributed by atoms with E-state index >= 15 is 0 Å². The van der Waals surface area contributed by atoms with Gasteiger partial charge in [0.25, 0.3) is 11.8 Å². The average Bonchev–Trinajstić information content (AvgIpc) is 2.82. The van der Waals surface area contributed by atoms with Crippen molar-refractivity contribution in [1.82, 2.24) is 15.5 Å². The van der Waals surface area contributed by atoms with Crippen LogP contribution in [0, 0.1) is 17.7 Å². The molecular weight excluding hydrogens is 421 g/mol. The van der Waals surface area contributed by atoms with Gasteiger partial charge in [0, 0.05) is 24.7 Å². The summed E-state index contributed by atoms with van der Waals surface area (Å²) in [6.07, 6.45) is 1.06. The van der Waals surface area contributed by atoms with Crippen molar-refractivity contribution >= 4 is 17.7 Å². The Kier molecular flexibility index (Phi) is 8.20. The zero-order chi connectivity index (χ0) is 24.0. The number of likely N-dealkylation sites (tertiary alicyclic amines) is 1. The van der Waals surface area contributed by atoms with E-state index in [9.17, 15) is 18.8 Å². The molecule has 0 spiro atoms. The predicted octanol–water partition coefficient (Wildman–Crippen LogP) is 3.64. The van der Waals surface area contributed by atoms with Crippen molar-refractivity contribution in [2.75, 3.05) is 13.1 Å². The van der Waals surface area contributed by atoms with Gasteiger partial charge in [0.15, 0.2) is 0 Å². The SMILES string of the molecule is CC(C)[C@@H](C)NC(=O)[C@H](NC(=O)c1ccccc1)C1CCN(C(=O)c2ccccc2F)CC1. The summed E-state index contributed by atoms with van der Waals surface area (Å²) in [5.41, 5.74) is 0.535. The first-order valence-corrected chi connectivity index (χ1v) is 11.5. The fourth-order valence-electron chi connectivity index (χ4n) is 3.93. The van der Waals surface area contributed by atoms with Crippen molar-refractivity contribution in [1.29, 1.82) is 0 Å². The van der Waals surface area contributed by atoms with Gasteiger partial charge >= 0.3 is 0 Å². The van der Waals surface area contributed by atoms with E-state index in [4.69, 9.17) is 0 Å². The predicted molar refractivity (Wildman–Crippen MR) is 125 cm³/mol. The third-order valence-electron chi connectivity index (χ3n) is 6.38. The van der Waals surface area contributed by atoms with Gasteiger partial charge in [-0.25, -0.2) is 4.39 Å². The molecule has 0 radical (unpaired) electrons. The Bertz CT molecular complexity index is 972. The van der Waals surface area contributed by atoms with Crippen LogP contribution in [0.4, 0.5) is 4.39 Å². The molecule has 176 valence electrons. The van der Waals surface area contributed by atoms with Gasteiger partial charge < -0.3 is 15.5 Å². The molecule has 0 aromatic heterocycles. The van der Waals surface area contributed by atoms with E-state index in [1.165, 1.54) is 12.1 Å². The van der Waals surface area contributed by atoms with Crippen LogP contribution >= 0.6 is 0 Å². The molecule has 1 aliphatic rings. The first-order valence-electron chi connectivity index (χ1n) is 11.5. The van der Waals surface area contributed by atoms with Crippen LogP contribution in [0.3, 0.4) is 0 Å². The lowest BCUT2D eigenvalue weighted by molar-refractivity contribution is -0.125. The van der Waals surface area contributed by atoms with Gasteiger partial charge in [0.2, 0.25) is 5.91 Å². The van der Waals surface area contributed by atoms with E-state index in [2.05, 4.69) is 10.6 Å². The average molecular weight is 454 g/mol. The third-order valence-corrected chi connectivity index (χ3v) is 6.38. The molecular formula is C26H32FN3O3. The molecule has 1 fully saturated rings. The fourth-order valence-corrected chi connectivity index (χ4v) is 3.93. The zero-order valence-corrected chi connectivity index (χ0v) is 19.4. The number of amides is 3. The maximum atomic E-state index is 14.0. The van der Waals surface area contributed by atoms with Gasteiger partial charge in [0.1, 0.15) is 11.9 Å². The minimum atomic E-state index is -0.718. The van der Waals surface area contributed by atoms with Crippen molar-refractivity contribution in [2.24, 2.45) is 11.8 Å². The number of hydrogen-bond donors (Lipinski definition) is 2. The number of hydrogen-bond acceptors (Lipinski definition) is 3. The lowest BCUT2D eigenvalue weighted by Gasteiger charge is -2.36. The standard InChI is InChI=1S/C26H32FN3O3/c1-17(2)18(3)28-25(32)23(29-24(31)20-9-5-4-6-10-20)19-13-15-30(16-14-19)26(33)21-11-7-8-12-22(21)27/h4-12,17-19,23H,13-16H2,1-3H3,(H,28,32)(H,29,31)/t18-,23-/m1/s1. The summed E-state index contributed by atoms with van der Waals surface area (Å²) in [6.45, 7) is 6.77. The second-order valence-electron chi connectivity index (χ2n) is 8.97. The Morgan fingerprint density at radius 2 is 1.52 bits per heavy atom. The molecule has 3 rings (SSSR count). The number of rotatable bonds is 7. The molecule has 0 saturated carbocycles. The normalized spacial score (nSPS) is 16.2. The van der Waals surface area contributed by atoms with Gasteiger partial charge in [-0.1, -0.05) is 44.2 Å². The number of carbonyl (C=O) groups excluding carboxylic acids is 3. The molecule has 2 N–H and O–H groups in total. The maximum absolute atomic E-state index is 14.0. The van der Waals surface area contributed by atoms with Gasteiger partial charge in [-0.15, -0.1) is 0 Å². The molecule has 3 amide bonds. The summed E-state index contributed by atoms with van der Waals surface area (Å²) in [7, 11) is 0. The van der Waals surface area contributed by atoms with Gasteiger partial charge in [-0.05, 0) is 55.9 Å². The molecule has 0 bridgehead atoms. The number of carbonyl (C=O) groups is 3. The summed E-state index contributed by atoms with van der Waals surface area (Å²) in [5.74, 6) is -1.31. The number of nitrogens with zero attached hydrogens (tertiary/aromatic N) is 1. The van der Waals surface area contributed by atoms with Gasteiger partial charge in [0.05, 0.1) is 5.56 Å². The Morgan fingerprint density at radius 1 is 0.909 bits per heavy atom. The second-order valence-corrected chi connectivity index (χ2v) is 8.97. The van der Waals surface area contributed by atoms with E-state index in [1.807, 2.05) is 26.8 Å². The Labute approximate surface area is 194 Å².